The van der Waals surface area contributed by atoms with Gasteiger partial charge in [0, 0.05) is 6.20 Å². The average Bonchev–Trinajstić information content (AvgIpc) is 2.65. The van der Waals surface area contributed by atoms with Crippen LogP contribution in [-0.4, -0.2) is 11.5 Å². The molecule has 1 atom stereocenters. The quantitative estimate of drug-likeness (QED) is 0.791. The highest BCUT2D eigenvalue weighted by Gasteiger charge is 2.26. The molecule has 0 amide bonds. The van der Waals surface area contributed by atoms with E-state index >= 15 is 0 Å². The van der Waals surface area contributed by atoms with Crippen LogP contribution in [-0.2, 0) is 0 Å². The monoisotopic (exact) mass is 300 g/mol. The molecule has 1 aromatic rings. The van der Waals surface area contributed by atoms with Crippen molar-refractivity contribution in [1.82, 2.24) is 10.3 Å². The van der Waals surface area contributed by atoms with Gasteiger partial charge in [-0.25, -0.2) is 0 Å². The van der Waals surface area contributed by atoms with Gasteiger partial charge in [0.05, 0.1) is 21.8 Å². The lowest BCUT2D eigenvalue weighted by molar-refractivity contribution is 0.324. The molecular weight excluding hydrogens is 279 g/mol. The number of hydrogen-bond donors (Lipinski definition) is 1. The lowest BCUT2D eigenvalue weighted by Crippen LogP contribution is -2.29. The number of pyridine rings is 1. The van der Waals surface area contributed by atoms with Gasteiger partial charge in [-0.2, -0.15) is 0 Å². The second-order valence-electron chi connectivity index (χ2n) is 5.31. The van der Waals surface area contributed by atoms with Gasteiger partial charge in [0.2, 0.25) is 0 Å². The molecule has 1 heterocycles. The molecule has 0 bridgehead atoms. The summed E-state index contributed by atoms with van der Waals surface area (Å²) in [5, 5.41) is 4.85. The van der Waals surface area contributed by atoms with E-state index in [1.54, 1.807) is 12.3 Å². The Balaban J connectivity index is 2.22. The van der Waals surface area contributed by atoms with Gasteiger partial charge >= 0.3 is 0 Å². The van der Waals surface area contributed by atoms with Crippen LogP contribution in [0.4, 0.5) is 0 Å². The molecule has 1 aromatic heterocycles. The van der Waals surface area contributed by atoms with Gasteiger partial charge in [-0.15, -0.1) is 0 Å². The first-order valence-corrected chi connectivity index (χ1v) is 8.02. The smallest absolute Gasteiger partial charge is 0.0762 e. The molecule has 2 rings (SSSR count). The first kappa shape index (κ1) is 15.1. The van der Waals surface area contributed by atoms with E-state index in [1.807, 2.05) is 0 Å². The van der Waals surface area contributed by atoms with Crippen molar-refractivity contribution in [1.29, 1.82) is 0 Å². The third kappa shape index (κ3) is 4.08. The SMILES string of the molecule is CCNC(c1ncc(Cl)cc1Cl)C1CCCCCC1. The molecule has 4 heteroatoms. The molecule has 19 heavy (non-hydrogen) atoms. The number of rotatable bonds is 4. The Morgan fingerprint density at radius 2 is 1.95 bits per heavy atom. The Morgan fingerprint density at radius 1 is 1.26 bits per heavy atom. The minimum atomic E-state index is 0.257. The third-order valence-corrected chi connectivity index (χ3v) is 4.44. The minimum absolute atomic E-state index is 0.257. The summed E-state index contributed by atoms with van der Waals surface area (Å²) in [6, 6.07) is 2.06. The zero-order valence-corrected chi connectivity index (χ0v) is 13.0. The van der Waals surface area contributed by atoms with Crippen molar-refractivity contribution in [3.63, 3.8) is 0 Å². The lowest BCUT2D eigenvalue weighted by atomic mass is 9.89. The van der Waals surface area contributed by atoms with Crippen molar-refractivity contribution >= 4 is 23.2 Å². The third-order valence-electron chi connectivity index (χ3n) is 3.93. The average molecular weight is 301 g/mol. The highest BCUT2D eigenvalue weighted by Crippen LogP contribution is 2.35. The Labute approximate surface area is 125 Å². The molecular formula is C15H22Cl2N2. The zero-order chi connectivity index (χ0) is 13.7. The van der Waals surface area contributed by atoms with Crippen LogP contribution in [0.2, 0.25) is 10.0 Å². The molecule has 0 spiro atoms. The van der Waals surface area contributed by atoms with Crippen LogP contribution >= 0.6 is 23.2 Å². The summed E-state index contributed by atoms with van der Waals surface area (Å²) in [6.45, 7) is 3.06. The first-order valence-electron chi connectivity index (χ1n) is 7.26. The van der Waals surface area contributed by atoms with Crippen LogP contribution in [0.1, 0.15) is 57.2 Å². The standard InChI is InChI=1S/C15H22Cl2N2/c1-2-18-14(11-7-5-3-4-6-8-11)15-13(17)9-12(16)10-19-15/h9-11,14,18H,2-8H2,1H3. The predicted molar refractivity (Wildman–Crippen MR) is 81.9 cm³/mol. The fourth-order valence-corrected chi connectivity index (χ4v) is 3.50. The number of aromatic nitrogens is 1. The maximum absolute atomic E-state index is 6.33. The molecule has 1 unspecified atom stereocenters. The summed E-state index contributed by atoms with van der Waals surface area (Å²) in [6.07, 6.45) is 9.57. The summed E-state index contributed by atoms with van der Waals surface area (Å²) in [5.41, 5.74) is 0.958. The maximum atomic E-state index is 6.33. The summed E-state index contributed by atoms with van der Waals surface area (Å²) in [5.74, 6) is 0.633. The fraction of sp³-hybridized carbons (Fsp3) is 0.667. The van der Waals surface area contributed by atoms with E-state index in [4.69, 9.17) is 23.2 Å². The minimum Gasteiger partial charge on any atom is -0.309 e. The van der Waals surface area contributed by atoms with Gasteiger partial charge in [-0.3, -0.25) is 4.98 Å². The molecule has 0 aliphatic heterocycles. The highest BCUT2D eigenvalue weighted by atomic mass is 35.5. The van der Waals surface area contributed by atoms with Gasteiger partial charge in [0.1, 0.15) is 0 Å². The Morgan fingerprint density at radius 3 is 2.53 bits per heavy atom. The van der Waals surface area contributed by atoms with E-state index in [0.29, 0.717) is 16.0 Å². The maximum Gasteiger partial charge on any atom is 0.0762 e. The van der Waals surface area contributed by atoms with Crippen LogP contribution in [0.3, 0.4) is 0 Å². The number of nitrogens with zero attached hydrogens (tertiary/aromatic N) is 1. The molecule has 1 aliphatic rings. The van der Waals surface area contributed by atoms with Gasteiger partial charge in [-0.05, 0) is 31.4 Å². The largest absolute Gasteiger partial charge is 0.309 e. The topological polar surface area (TPSA) is 24.9 Å². The predicted octanol–water partition coefficient (Wildman–Crippen LogP) is 5.01. The molecule has 1 fully saturated rings. The summed E-state index contributed by atoms with van der Waals surface area (Å²) >= 11 is 12.3. The lowest BCUT2D eigenvalue weighted by Gasteiger charge is -2.27. The second kappa shape index (κ2) is 7.47. The van der Waals surface area contributed by atoms with Crippen molar-refractivity contribution < 1.29 is 0 Å². The number of nitrogens with one attached hydrogen (secondary N) is 1. The van der Waals surface area contributed by atoms with E-state index in [1.165, 1.54) is 38.5 Å². The summed E-state index contributed by atoms with van der Waals surface area (Å²) in [4.78, 5) is 4.48. The van der Waals surface area contributed by atoms with E-state index in [-0.39, 0.29) is 6.04 Å². The van der Waals surface area contributed by atoms with Crippen molar-refractivity contribution in [3.05, 3.63) is 28.0 Å². The molecule has 0 aromatic carbocycles. The van der Waals surface area contributed by atoms with Crippen molar-refractivity contribution in [3.8, 4) is 0 Å². The van der Waals surface area contributed by atoms with Crippen molar-refractivity contribution in [2.45, 2.75) is 51.5 Å². The van der Waals surface area contributed by atoms with Crippen LogP contribution in [0, 0.1) is 5.92 Å². The zero-order valence-electron chi connectivity index (χ0n) is 11.5. The van der Waals surface area contributed by atoms with E-state index < -0.39 is 0 Å². The normalized spacial score (nSPS) is 19.1. The number of hydrogen-bond acceptors (Lipinski definition) is 2. The van der Waals surface area contributed by atoms with Crippen LogP contribution in [0.5, 0.6) is 0 Å². The molecule has 0 saturated heterocycles. The summed E-state index contributed by atoms with van der Waals surface area (Å²) < 4.78 is 0. The number of halogens is 2. The fourth-order valence-electron chi connectivity index (χ4n) is 3.00. The Bertz CT molecular complexity index is 401. The van der Waals surface area contributed by atoms with E-state index in [9.17, 15) is 0 Å². The first-order chi connectivity index (χ1) is 9.22. The van der Waals surface area contributed by atoms with Gasteiger partial charge in [0.25, 0.3) is 0 Å². The van der Waals surface area contributed by atoms with Gasteiger partial charge in [0.15, 0.2) is 0 Å². The highest BCUT2D eigenvalue weighted by molar-refractivity contribution is 6.34. The Hall–Kier alpha value is -0.310. The molecule has 106 valence electrons. The van der Waals surface area contributed by atoms with Gasteiger partial charge in [-0.1, -0.05) is 55.8 Å². The van der Waals surface area contributed by atoms with E-state index in [2.05, 4.69) is 17.2 Å². The van der Waals surface area contributed by atoms with Crippen LogP contribution < -0.4 is 5.32 Å². The Kier molecular flexibility index (Phi) is 5.93. The molecule has 1 saturated carbocycles. The van der Waals surface area contributed by atoms with Crippen LogP contribution in [0.25, 0.3) is 0 Å². The van der Waals surface area contributed by atoms with Crippen LogP contribution in [0.15, 0.2) is 12.3 Å². The van der Waals surface area contributed by atoms with Crippen molar-refractivity contribution in [2.24, 2.45) is 5.92 Å². The summed E-state index contributed by atoms with van der Waals surface area (Å²) in [7, 11) is 0. The second-order valence-corrected chi connectivity index (χ2v) is 6.15. The molecule has 1 aliphatic carbocycles. The molecule has 1 N–H and O–H groups in total. The molecule has 0 radical (unpaired) electrons. The van der Waals surface area contributed by atoms with Crippen molar-refractivity contribution in [2.75, 3.05) is 6.54 Å². The van der Waals surface area contributed by atoms with Gasteiger partial charge < -0.3 is 5.32 Å². The van der Waals surface area contributed by atoms with E-state index in [0.717, 1.165) is 12.2 Å². The molecule has 2 nitrogen and oxygen atoms in total.